The van der Waals surface area contributed by atoms with Crippen LogP contribution in [0.4, 0.5) is 17.6 Å². The van der Waals surface area contributed by atoms with Crippen molar-refractivity contribution in [3.63, 3.8) is 0 Å². The molecular weight excluding hydrogens is 462 g/mol. The number of aromatic amines is 1. The van der Waals surface area contributed by atoms with Gasteiger partial charge in [-0.05, 0) is 42.7 Å². The summed E-state index contributed by atoms with van der Waals surface area (Å²) in [5.74, 6) is 2.47. The third kappa shape index (κ3) is 5.37. The van der Waals surface area contributed by atoms with E-state index in [1.807, 2.05) is 12.3 Å². The van der Waals surface area contributed by atoms with Crippen LogP contribution in [0.15, 0.2) is 48.9 Å². The maximum atomic E-state index is 4.70. The molecule has 0 atom stereocenters. The Morgan fingerprint density at radius 3 is 2.63 bits per heavy atom. The Bertz CT molecular complexity index is 1280. The standard InChI is InChI=1S/C25H29N9.ClH/c1-2-10-34(9-1)24-15-21(28-17-29-24)19-3-4-20-22(14-19)31-25(30-20)32-23-13-18(5-6-27-23)16-33-11-7-26-8-12-33;/h3-6,13-15,17,26H,1-2,7-12,16H2,(H2,27,30,31,32);1H. The van der Waals surface area contributed by atoms with Gasteiger partial charge in [-0.25, -0.2) is 19.9 Å². The quantitative estimate of drug-likeness (QED) is 0.376. The second kappa shape index (κ2) is 10.6. The molecule has 182 valence electrons. The van der Waals surface area contributed by atoms with Crippen molar-refractivity contribution in [3.05, 3.63) is 54.5 Å². The number of piperazine rings is 1. The van der Waals surface area contributed by atoms with Crippen LogP contribution in [0, 0.1) is 0 Å². The Morgan fingerprint density at radius 1 is 0.914 bits per heavy atom. The molecule has 3 aromatic heterocycles. The van der Waals surface area contributed by atoms with Crippen molar-refractivity contribution in [2.75, 3.05) is 49.5 Å². The molecule has 6 rings (SSSR count). The number of H-pyrrole nitrogens is 1. The summed E-state index contributed by atoms with van der Waals surface area (Å²) in [6.45, 7) is 7.30. The minimum Gasteiger partial charge on any atom is -0.357 e. The molecular formula is C25H30ClN9. The molecule has 0 amide bonds. The molecule has 2 aliphatic heterocycles. The number of hydrogen-bond acceptors (Lipinski definition) is 8. The molecule has 1 aromatic carbocycles. The summed E-state index contributed by atoms with van der Waals surface area (Å²) < 4.78 is 0. The van der Waals surface area contributed by atoms with Crippen LogP contribution < -0.4 is 15.5 Å². The van der Waals surface area contributed by atoms with E-state index in [1.54, 1.807) is 6.33 Å². The van der Waals surface area contributed by atoms with E-state index in [-0.39, 0.29) is 12.4 Å². The van der Waals surface area contributed by atoms with Crippen LogP contribution in [0.5, 0.6) is 0 Å². The summed E-state index contributed by atoms with van der Waals surface area (Å²) >= 11 is 0. The van der Waals surface area contributed by atoms with E-state index < -0.39 is 0 Å². The van der Waals surface area contributed by atoms with Crippen LogP contribution in [0.3, 0.4) is 0 Å². The van der Waals surface area contributed by atoms with E-state index in [0.717, 1.165) is 79.7 Å². The number of aromatic nitrogens is 5. The molecule has 5 heterocycles. The second-order valence-corrected chi connectivity index (χ2v) is 8.97. The first-order valence-corrected chi connectivity index (χ1v) is 12.0. The lowest BCUT2D eigenvalue weighted by Crippen LogP contribution is -2.42. The fourth-order valence-electron chi connectivity index (χ4n) is 4.74. The maximum Gasteiger partial charge on any atom is 0.206 e. The number of pyridine rings is 1. The number of benzene rings is 1. The monoisotopic (exact) mass is 491 g/mol. The fourth-order valence-corrected chi connectivity index (χ4v) is 4.74. The molecule has 2 saturated heterocycles. The number of anilines is 3. The Morgan fingerprint density at radius 2 is 1.77 bits per heavy atom. The first-order chi connectivity index (χ1) is 16.8. The first kappa shape index (κ1) is 23.5. The summed E-state index contributed by atoms with van der Waals surface area (Å²) in [4.78, 5) is 26.4. The van der Waals surface area contributed by atoms with Crippen LogP contribution in [0.25, 0.3) is 22.3 Å². The molecule has 0 unspecified atom stereocenters. The normalized spacial score (nSPS) is 16.4. The molecule has 4 aromatic rings. The van der Waals surface area contributed by atoms with Gasteiger partial charge in [0.25, 0.3) is 0 Å². The average molecular weight is 492 g/mol. The highest BCUT2D eigenvalue weighted by molar-refractivity contribution is 5.85. The number of halogens is 1. The Kier molecular flexibility index (Phi) is 7.08. The zero-order chi connectivity index (χ0) is 22.7. The van der Waals surface area contributed by atoms with Crippen molar-refractivity contribution in [2.45, 2.75) is 19.4 Å². The molecule has 0 bridgehead atoms. The van der Waals surface area contributed by atoms with E-state index in [0.29, 0.717) is 5.95 Å². The number of imidazole rings is 1. The molecule has 3 N–H and O–H groups in total. The Balaban J connectivity index is 0.00000253. The number of nitrogens with one attached hydrogen (secondary N) is 3. The highest BCUT2D eigenvalue weighted by Gasteiger charge is 2.15. The zero-order valence-corrected chi connectivity index (χ0v) is 20.4. The fraction of sp³-hybridized carbons (Fsp3) is 0.360. The average Bonchev–Trinajstić information content (AvgIpc) is 3.55. The van der Waals surface area contributed by atoms with Gasteiger partial charge in [0, 0.05) is 63.6 Å². The van der Waals surface area contributed by atoms with Crippen molar-refractivity contribution >= 4 is 41.0 Å². The molecule has 0 aliphatic carbocycles. The smallest absolute Gasteiger partial charge is 0.206 e. The maximum absolute atomic E-state index is 4.70. The molecule has 0 radical (unpaired) electrons. The first-order valence-electron chi connectivity index (χ1n) is 12.0. The van der Waals surface area contributed by atoms with E-state index in [1.165, 1.54) is 18.4 Å². The lowest BCUT2D eigenvalue weighted by molar-refractivity contribution is 0.233. The summed E-state index contributed by atoms with van der Waals surface area (Å²) in [6.07, 6.45) is 5.96. The van der Waals surface area contributed by atoms with Crippen molar-refractivity contribution in [3.8, 4) is 11.3 Å². The highest BCUT2D eigenvalue weighted by atomic mass is 35.5. The minimum atomic E-state index is 0. The SMILES string of the molecule is Cl.c1cc(CN2CCNCC2)cc(Nc2nc3ccc(-c4cc(N5CCCC5)ncn4)cc3[nH]2)n1. The van der Waals surface area contributed by atoms with Gasteiger partial charge in [0.1, 0.15) is 18.0 Å². The van der Waals surface area contributed by atoms with E-state index in [4.69, 9.17) is 4.98 Å². The van der Waals surface area contributed by atoms with Crippen molar-refractivity contribution in [1.29, 1.82) is 0 Å². The van der Waals surface area contributed by atoms with Crippen LogP contribution in [0.1, 0.15) is 18.4 Å². The van der Waals surface area contributed by atoms with Gasteiger partial charge in [0.15, 0.2) is 0 Å². The van der Waals surface area contributed by atoms with Crippen molar-refractivity contribution in [1.82, 2.24) is 35.1 Å². The van der Waals surface area contributed by atoms with Gasteiger partial charge in [0.2, 0.25) is 5.95 Å². The van der Waals surface area contributed by atoms with Gasteiger partial charge >= 0.3 is 0 Å². The lowest BCUT2D eigenvalue weighted by atomic mass is 10.1. The van der Waals surface area contributed by atoms with Gasteiger partial charge in [-0.2, -0.15) is 0 Å². The van der Waals surface area contributed by atoms with Gasteiger partial charge in [-0.3, -0.25) is 4.90 Å². The van der Waals surface area contributed by atoms with Crippen LogP contribution in [0.2, 0.25) is 0 Å². The van der Waals surface area contributed by atoms with E-state index in [2.05, 4.69) is 70.7 Å². The van der Waals surface area contributed by atoms with E-state index in [9.17, 15) is 0 Å². The summed E-state index contributed by atoms with van der Waals surface area (Å²) in [5, 5.41) is 6.73. The molecule has 10 heteroatoms. The van der Waals surface area contributed by atoms with Crippen molar-refractivity contribution < 1.29 is 0 Å². The third-order valence-corrected chi connectivity index (χ3v) is 6.55. The van der Waals surface area contributed by atoms with Gasteiger partial charge < -0.3 is 20.5 Å². The summed E-state index contributed by atoms with van der Waals surface area (Å²) in [6, 6.07) is 12.4. The molecule has 35 heavy (non-hydrogen) atoms. The largest absolute Gasteiger partial charge is 0.357 e. The Hall–Kier alpha value is -3.27. The minimum absolute atomic E-state index is 0. The summed E-state index contributed by atoms with van der Waals surface area (Å²) in [7, 11) is 0. The molecule has 9 nitrogen and oxygen atoms in total. The second-order valence-electron chi connectivity index (χ2n) is 8.97. The van der Waals surface area contributed by atoms with Gasteiger partial charge in [0.05, 0.1) is 16.7 Å². The molecule has 0 spiro atoms. The summed E-state index contributed by atoms with van der Waals surface area (Å²) in [5.41, 5.74) is 5.07. The van der Waals surface area contributed by atoms with Crippen LogP contribution >= 0.6 is 12.4 Å². The Labute approximate surface area is 210 Å². The number of hydrogen-bond donors (Lipinski definition) is 3. The number of rotatable bonds is 6. The predicted octanol–water partition coefficient (Wildman–Crippen LogP) is 3.59. The van der Waals surface area contributed by atoms with Crippen LogP contribution in [-0.4, -0.2) is 69.1 Å². The molecule has 2 fully saturated rings. The zero-order valence-electron chi connectivity index (χ0n) is 19.6. The third-order valence-electron chi connectivity index (χ3n) is 6.55. The number of nitrogens with zero attached hydrogens (tertiary/aromatic N) is 6. The topological polar surface area (TPSA) is 97.9 Å². The van der Waals surface area contributed by atoms with Gasteiger partial charge in [-0.1, -0.05) is 6.07 Å². The van der Waals surface area contributed by atoms with Crippen molar-refractivity contribution in [2.24, 2.45) is 0 Å². The highest BCUT2D eigenvalue weighted by Crippen LogP contribution is 2.27. The molecule has 2 aliphatic rings. The number of fused-ring (bicyclic) bond motifs is 1. The van der Waals surface area contributed by atoms with E-state index >= 15 is 0 Å². The molecule has 0 saturated carbocycles. The van der Waals surface area contributed by atoms with Gasteiger partial charge in [-0.15, -0.1) is 12.4 Å². The lowest BCUT2D eigenvalue weighted by Gasteiger charge is -2.27. The predicted molar refractivity (Wildman–Crippen MR) is 141 cm³/mol. The van der Waals surface area contributed by atoms with Crippen LogP contribution in [-0.2, 0) is 6.54 Å².